The van der Waals surface area contributed by atoms with Crippen molar-refractivity contribution in [3.63, 3.8) is 0 Å². The molecule has 102 valence electrons. The Balaban J connectivity index is 1.77. The molecule has 2 rings (SSSR count). The molecule has 4 heteroatoms. The molecule has 0 bridgehead atoms. The van der Waals surface area contributed by atoms with E-state index in [1.54, 1.807) is 18.3 Å². The molecule has 2 aromatic carbocycles. The summed E-state index contributed by atoms with van der Waals surface area (Å²) in [5.74, 6) is -0.275. The number of aromatic hydroxyl groups is 1. The third-order valence-electron chi connectivity index (χ3n) is 2.77. The van der Waals surface area contributed by atoms with Gasteiger partial charge in [-0.2, -0.15) is 5.10 Å². The number of hydrazone groups is 1. The van der Waals surface area contributed by atoms with E-state index in [-0.39, 0.29) is 11.7 Å². The van der Waals surface area contributed by atoms with E-state index in [0.717, 1.165) is 12.8 Å². The first-order valence-corrected chi connectivity index (χ1v) is 6.40. The van der Waals surface area contributed by atoms with Crippen LogP contribution in [0.15, 0.2) is 59.7 Å². The number of amides is 1. The average molecular weight is 268 g/mol. The maximum absolute atomic E-state index is 11.7. The Morgan fingerprint density at radius 3 is 2.70 bits per heavy atom. The number of benzene rings is 2. The first-order valence-electron chi connectivity index (χ1n) is 6.40. The normalized spacial score (nSPS) is 10.6. The minimum Gasteiger partial charge on any atom is -0.508 e. The predicted molar refractivity (Wildman–Crippen MR) is 78.8 cm³/mol. The third kappa shape index (κ3) is 4.24. The van der Waals surface area contributed by atoms with Gasteiger partial charge < -0.3 is 5.11 Å². The van der Waals surface area contributed by atoms with Crippen molar-refractivity contribution in [2.75, 3.05) is 0 Å². The third-order valence-corrected chi connectivity index (χ3v) is 2.77. The molecule has 0 aliphatic heterocycles. The molecule has 0 heterocycles. The van der Waals surface area contributed by atoms with Gasteiger partial charge in [0.2, 0.25) is 0 Å². The summed E-state index contributed by atoms with van der Waals surface area (Å²) in [5, 5.41) is 13.2. The van der Waals surface area contributed by atoms with Gasteiger partial charge in [0.05, 0.1) is 0 Å². The van der Waals surface area contributed by atoms with Gasteiger partial charge in [0, 0.05) is 11.8 Å². The molecular weight excluding hydrogens is 252 g/mol. The molecule has 0 saturated carbocycles. The lowest BCUT2D eigenvalue weighted by Crippen LogP contribution is -2.17. The van der Waals surface area contributed by atoms with Crippen LogP contribution in [0, 0.1) is 0 Å². The number of rotatable bonds is 5. The lowest BCUT2D eigenvalue weighted by atomic mass is 10.1. The summed E-state index contributed by atoms with van der Waals surface area (Å²) in [4.78, 5) is 11.7. The van der Waals surface area contributed by atoms with Crippen LogP contribution in [-0.2, 0) is 6.42 Å². The van der Waals surface area contributed by atoms with E-state index < -0.39 is 0 Å². The predicted octanol–water partition coefficient (Wildman–Crippen LogP) is 2.74. The molecule has 4 nitrogen and oxygen atoms in total. The highest BCUT2D eigenvalue weighted by Crippen LogP contribution is 2.10. The Hall–Kier alpha value is -2.62. The quantitative estimate of drug-likeness (QED) is 0.647. The van der Waals surface area contributed by atoms with Gasteiger partial charge in [-0.15, -0.1) is 0 Å². The summed E-state index contributed by atoms with van der Waals surface area (Å²) < 4.78 is 0. The van der Waals surface area contributed by atoms with E-state index in [0.29, 0.717) is 5.56 Å². The zero-order valence-corrected chi connectivity index (χ0v) is 11.0. The molecule has 0 aliphatic rings. The van der Waals surface area contributed by atoms with Gasteiger partial charge >= 0.3 is 0 Å². The standard InChI is InChI=1S/C16H16N2O2/c19-15-10-4-9-14(12-15)16(20)18-17-11-5-8-13-6-2-1-3-7-13/h1-4,6-7,9-12,19H,5,8H2,(H,18,20)/b17-11-. The zero-order valence-electron chi connectivity index (χ0n) is 11.0. The van der Waals surface area contributed by atoms with Crippen LogP contribution in [0.5, 0.6) is 5.75 Å². The van der Waals surface area contributed by atoms with Crippen molar-refractivity contribution in [3.05, 3.63) is 65.7 Å². The number of phenolic OH excluding ortho intramolecular Hbond substituents is 1. The lowest BCUT2D eigenvalue weighted by molar-refractivity contribution is 0.0954. The first kappa shape index (κ1) is 13.8. The molecular formula is C16H16N2O2. The van der Waals surface area contributed by atoms with Crippen LogP contribution in [0.25, 0.3) is 0 Å². The lowest BCUT2D eigenvalue weighted by Gasteiger charge is -2.00. The van der Waals surface area contributed by atoms with Crippen molar-refractivity contribution >= 4 is 12.1 Å². The summed E-state index contributed by atoms with van der Waals surface area (Å²) >= 11 is 0. The average Bonchev–Trinajstić information content (AvgIpc) is 2.48. The van der Waals surface area contributed by atoms with Crippen LogP contribution in [-0.4, -0.2) is 17.2 Å². The second-order valence-electron chi connectivity index (χ2n) is 4.33. The zero-order chi connectivity index (χ0) is 14.2. The Bertz CT molecular complexity index is 594. The summed E-state index contributed by atoms with van der Waals surface area (Å²) in [6.07, 6.45) is 3.31. The highest BCUT2D eigenvalue weighted by atomic mass is 16.3. The van der Waals surface area contributed by atoms with Gasteiger partial charge in [-0.3, -0.25) is 4.79 Å². The van der Waals surface area contributed by atoms with Gasteiger partial charge in [-0.05, 0) is 36.6 Å². The van der Waals surface area contributed by atoms with E-state index in [4.69, 9.17) is 0 Å². The Kier molecular flexibility index (Phi) is 4.89. The van der Waals surface area contributed by atoms with E-state index in [2.05, 4.69) is 22.7 Å². The van der Waals surface area contributed by atoms with E-state index in [1.807, 2.05) is 18.2 Å². The maximum Gasteiger partial charge on any atom is 0.271 e. The molecule has 0 fully saturated rings. The minimum absolute atomic E-state index is 0.0608. The highest BCUT2D eigenvalue weighted by Gasteiger charge is 2.03. The van der Waals surface area contributed by atoms with Gasteiger partial charge in [-0.1, -0.05) is 36.4 Å². The SMILES string of the molecule is O=C(N/N=C\CCc1ccccc1)c1cccc(O)c1. The molecule has 0 unspecified atom stereocenters. The summed E-state index contributed by atoms with van der Waals surface area (Å²) in [5.41, 5.74) is 4.05. The largest absolute Gasteiger partial charge is 0.508 e. The number of carbonyl (C=O) groups is 1. The molecule has 0 saturated heterocycles. The van der Waals surface area contributed by atoms with E-state index in [9.17, 15) is 9.90 Å². The van der Waals surface area contributed by atoms with Crippen LogP contribution in [0.4, 0.5) is 0 Å². The molecule has 2 N–H and O–H groups in total. The molecule has 2 aromatic rings. The fraction of sp³-hybridized carbons (Fsp3) is 0.125. The van der Waals surface area contributed by atoms with Crippen molar-refractivity contribution in [3.8, 4) is 5.75 Å². The van der Waals surface area contributed by atoms with Crippen molar-refractivity contribution in [1.82, 2.24) is 5.43 Å². The topological polar surface area (TPSA) is 61.7 Å². The van der Waals surface area contributed by atoms with Crippen LogP contribution in [0.3, 0.4) is 0 Å². The second kappa shape index (κ2) is 7.09. The van der Waals surface area contributed by atoms with Gasteiger partial charge in [0.15, 0.2) is 0 Å². The molecule has 0 aromatic heterocycles. The number of nitrogens with one attached hydrogen (secondary N) is 1. The van der Waals surface area contributed by atoms with Crippen molar-refractivity contribution in [1.29, 1.82) is 0 Å². The number of hydrogen-bond donors (Lipinski definition) is 2. The van der Waals surface area contributed by atoms with Crippen LogP contribution >= 0.6 is 0 Å². The minimum atomic E-state index is -0.336. The van der Waals surface area contributed by atoms with Crippen LogP contribution in [0.2, 0.25) is 0 Å². The number of carbonyl (C=O) groups excluding carboxylic acids is 1. The van der Waals surface area contributed by atoms with Gasteiger partial charge in [0.25, 0.3) is 5.91 Å². The summed E-state index contributed by atoms with van der Waals surface area (Å²) in [6, 6.07) is 16.2. The summed E-state index contributed by atoms with van der Waals surface area (Å²) in [7, 11) is 0. The Morgan fingerprint density at radius 1 is 1.15 bits per heavy atom. The fourth-order valence-corrected chi connectivity index (χ4v) is 1.76. The van der Waals surface area contributed by atoms with Crippen molar-refractivity contribution in [2.45, 2.75) is 12.8 Å². The van der Waals surface area contributed by atoms with Crippen molar-refractivity contribution in [2.24, 2.45) is 5.10 Å². The molecule has 1 amide bonds. The Labute approximate surface area is 117 Å². The first-order chi connectivity index (χ1) is 9.75. The molecule has 0 aliphatic carbocycles. The monoisotopic (exact) mass is 268 g/mol. The number of aryl methyl sites for hydroxylation is 1. The molecule has 0 spiro atoms. The molecule has 0 atom stereocenters. The van der Waals surface area contributed by atoms with Gasteiger partial charge in [0.1, 0.15) is 5.75 Å². The number of hydrogen-bond acceptors (Lipinski definition) is 3. The Morgan fingerprint density at radius 2 is 1.95 bits per heavy atom. The van der Waals surface area contributed by atoms with Crippen LogP contribution in [0.1, 0.15) is 22.3 Å². The van der Waals surface area contributed by atoms with E-state index >= 15 is 0 Å². The molecule has 20 heavy (non-hydrogen) atoms. The highest BCUT2D eigenvalue weighted by molar-refractivity contribution is 5.94. The van der Waals surface area contributed by atoms with Crippen molar-refractivity contribution < 1.29 is 9.90 Å². The maximum atomic E-state index is 11.7. The second-order valence-corrected chi connectivity index (χ2v) is 4.33. The number of nitrogens with zero attached hydrogens (tertiary/aromatic N) is 1. The summed E-state index contributed by atoms with van der Waals surface area (Å²) in [6.45, 7) is 0. The molecule has 0 radical (unpaired) electrons. The smallest absolute Gasteiger partial charge is 0.271 e. The number of phenols is 1. The van der Waals surface area contributed by atoms with Crippen LogP contribution < -0.4 is 5.43 Å². The van der Waals surface area contributed by atoms with E-state index in [1.165, 1.54) is 17.7 Å². The van der Waals surface area contributed by atoms with Gasteiger partial charge in [-0.25, -0.2) is 5.43 Å². The fourth-order valence-electron chi connectivity index (χ4n) is 1.76.